The predicted octanol–water partition coefficient (Wildman–Crippen LogP) is 4.77. The lowest BCUT2D eigenvalue weighted by Gasteiger charge is -2.12. The Balaban J connectivity index is 1.36. The number of carbonyl (C=O) groups excluding carboxylic acids is 2. The van der Waals surface area contributed by atoms with Gasteiger partial charge in [0.1, 0.15) is 24.3 Å². The average Bonchev–Trinajstić information content (AvgIpc) is 3.34. The second kappa shape index (κ2) is 10.1. The third kappa shape index (κ3) is 5.70. The quantitative estimate of drug-likeness (QED) is 0.561. The van der Waals surface area contributed by atoms with Crippen molar-refractivity contribution in [1.29, 1.82) is 0 Å². The number of carbonyl (C=O) groups is 2. The number of anilines is 2. The molecule has 2 amide bonds. The Hall–Kier alpha value is -3.71. The van der Waals surface area contributed by atoms with Gasteiger partial charge in [-0.25, -0.2) is 4.39 Å². The number of nitrogens with one attached hydrogen (secondary N) is 2. The summed E-state index contributed by atoms with van der Waals surface area (Å²) in [6, 6.07) is 19.8. The summed E-state index contributed by atoms with van der Waals surface area (Å²) in [7, 11) is 0. The van der Waals surface area contributed by atoms with E-state index in [1.807, 2.05) is 0 Å². The van der Waals surface area contributed by atoms with Crippen LogP contribution in [0.2, 0.25) is 0 Å². The second-order valence-electron chi connectivity index (χ2n) is 7.47. The zero-order valence-electron chi connectivity index (χ0n) is 17.3. The van der Waals surface area contributed by atoms with Crippen LogP contribution >= 0.6 is 0 Å². The summed E-state index contributed by atoms with van der Waals surface area (Å²) in [5.41, 5.74) is 2.35. The first-order chi connectivity index (χ1) is 15.6. The molecule has 32 heavy (non-hydrogen) atoms. The van der Waals surface area contributed by atoms with E-state index >= 15 is 0 Å². The van der Waals surface area contributed by atoms with Crippen LogP contribution in [0.3, 0.4) is 0 Å². The van der Waals surface area contributed by atoms with Gasteiger partial charge in [-0.3, -0.25) is 9.59 Å². The number of ether oxygens (including phenoxy) is 2. The van der Waals surface area contributed by atoms with Crippen molar-refractivity contribution in [2.75, 3.05) is 17.2 Å². The van der Waals surface area contributed by atoms with Gasteiger partial charge >= 0.3 is 0 Å². The monoisotopic (exact) mass is 434 g/mol. The van der Waals surface area contributed by atoms with Crippen LogP contribution in [-0.4, -0.2) is 24.5 Å². The fraction of sp³-hybridized carbons (Fsp3) is 0.200. The van der Waals surface area contributed by atoms with Gasteiger partial charge in [-0.2, -0.15) is 0 Å². The van der Waals surface area contributed by atoms with Crippen molar-refractivity contribution in [1.82, 2.24) is 0 Å². The Labute approximate surface area is 185 Å². The Bertz CT molecular complexity index is 1100. The van der Waals surface area contributed by atoms with E-state index in [1.165, 1.54) is 12.1 Å². The summed E-state index contributed by atoms with van der Waals surface area (Å²) < 4.78 is 24.1. The van der Waals surface area contributed by atoms with E-state index < -0.39 is 6.10 Å². The topological polar surface area (TPSA) is 76.7 Å². The molecule has 7 heteroatoms. The van der Waals surface area contributed by atoms with Gasteiger partial charge in [-0.1, -0.05) is 24.3 Å². The minimum absolute atomic E-state index is 0.203. The molecule has 1 aliphatic rings. The lowest BCUT2D eigenvalue weighted by molar-refractivity contribution is -0.124. The molecule has 3 aromatic rings. The maximum absolute atomic E-state index is 13.0. The largest absolute Gasteiger partial charge is 0.489 e. The highest BCUT2D eigenvalue weighted by molar-refractivity contribution is 6.05. The lowest BCUT2D eigenvalue weighted by atomic mass is 10.1. The van der Waals surface area contributed by atoms with Gasteiger partial charge in [0.15, 0.2) is 0 Å². The summed E-state index contributed by atoms with van der Waals surface area (Å²) in [5.74, 6) is -0.237. The first-order valence-corrected chi connectivity index (χ1v) is 10.4. The summed E-state index contributed by atoms with van der Waals surface area (Å²) in [4.78, 5) is 24.9. The van der Waals surface area contributed by atoms with E-state index in [9.17, 15) is 14.0 Å². The van der Waals surface area contributed by atoms with Crippen LogP contribution in [0, 0.1) is 5.82 Å². The number of halogens is 1. The van der Waals surface area contributed by atoms with E-state index in [4.69, 9.17) is 9.47 Å². The van der Waals surface area contributed by atoms with Gasteiger partial charge in [-0.15, -0.1) is 0 Å². The molecule has 0 aromatic heterocycles. The molecule has 0 aliphatic carbocycles. The Kier molecular flexibility index (Phi) is 6.77. The van der Waals surface area contributed by atoms with Gasteiger partial charge in [-0.05, 0) is 60.9 Å². The standard InChI is InChI=1S/C25H23FN2O4/c26-19-11-9-17(10-12-19)16-32-22-7-2-6-21(15-22)27-24(29)18-4-1-5-20(14-18)28-25(30)23-8-3-13-31-23/h1-2,4-7,9-12,14-15,23H,3,8,13,16H2,(H,27,29)(H,28,30). The molecule has 1 aliphatic heterocycles. The highest BCUT2D eigenvalue weighted by Gasteiger charge is 2.23. The summed E-state index contributed by atoms with van der Waals surface area (Å²) in [6.45, 7) is 0.872. The van der Waals surface area contributed by atoms with Crippen LogP contribution in [0.4, 0.5) is 15.8 Å². The van der Waals surface area contributed by atoms with E-state index in [1.54, 1.807) is 60.7 Å². The molecule has 1 unspecified atom stereocenters. The fourth-order valence-corrected chi connectivity index (χ4v) is 3.36. The summed E-state index contributed by atoms with van der Waals surface area (Å²) in [5, 5.41) is 5.63. The van der Waals surface area contributed by atoms with Crippen LogP contribution < -0.4 is 15.4 Å². The molecule has 1 saturated heterocycles. The van der Waals surface area contributed by atoms with Crippen LogP contribution in [0.15, 0.2) is 72.8 Å². The third-order valence-corrected chi connectivity index (χ3v) is 5.03. The minimum atomic E-state index is -0.440. The molecule has 1 heterocycles. The summed E-state index contributed by atoms with van der Waals surface area (Å²) in [6.07, 6.45) is 1.13. The zero-order chi connectivity index (χ0) is 22.3. The molecule has 0 spiro atoms. The maximum atomic E-state index is 13.0. The molecule has 164 valence electrons. The van der Waals surface area contributed by atoms with Crippen molar-refractivity contribution in [3.8, 4) is 5.75 Å². The van der Waals surface area contributed by atoms with Crippen molar-refractivity contribution in [3.05, 3.63) is 89.7 Å². The fourth-order valence-electron chi connectivity index (χ4n) is 3.36. The smallest absolute Gasteiger partial charge is 0.255 e. The van der Waals surface area contributed by atoms with Crippen molar-refractivity contribution in [2.45, 2.75) is 25.6 Å². The maximum Gasteiger partial charge on any atom is 0.255 e. The van der Waals surface area contributed by atoms with Gasteiger partial charge in [0.05, 0.1) is 0 Å². The van der Waals surface area contributed by atoms with E-state index in [2.05, 4.69) is 10.6 Å². The minimum Gasteiger partial charge on any atom is -0.489 e. The first kappa shape index (κ1) is 21.5. The van der Waals surface area contributed by atoms with Gasteiger partial charge in [0.25, 0.3) is 11.8 Å². The van der Waals surface area contributed by atoms with Gasteiger partial charge in [0.2, 0.25) is 0 Å². The first-order valence-electron chi connectivity index (χ1n) is 10.4. The van der Waals surface area contributed by atoms with E-state index in [0.29, 0.717) is 35.7 Å². The Morgan fingerprint density at radius 1 is 0.969 bits per heavy atom. The molecule has 4 rings (SSSR count). The summed E-state index contributed by atoms with van der Waals surface area (Å²) >= 11 is 0. The normalized spacial score (nSPS) is 15.2. The van der Waals surface area contributed by atoms with E-state index in [0.717, 1.165) is 12.0 Å². The van der Waals surface area contributed by atoms with Crippen LogP contribution in [0.5, 0.6) is 5.75 Å². The third-order valence-electron chi connectivity index (χ3n) is 5.03. The molecular formula is C25H23FN2O4. The predicted molar refractivity (Wildman–Crippen MR) is 119 cm³/mol. The number of hydrogen-bond donors (Lipinski definition) is 2. The van der Waals surface area contributed by atoms with Crippen molar-refractivity contribution in [3.63, 3.8) is 0 Å². The van der Waals surface area contributed by atoms with Crippen LogP contribution in [0.1, 0.15) is 28.8 Å². The molecule has 2 N–H and O–H groups in total. The van der Waals surface area contributed by atoms with Crippen LogP contribution in [-0.2, 0) is 16.1 Å². The Morgan fingerprint density at radius 2 is 1.72 bits per heavy atom. The van der Waals surface area contributed by atoms with Crippen LogP contribution in [0.25, 0.3) is 0 Å². The SMILES string of the molecule is O=C(Nc1cccc(OCc2ccc(F)cc2)c1)c1cccc(NC(=O)C2CCCO2)c1. The number of hydrogen-bond acceptors (Lipinski definition) is 4. The highest BCUT2D eigenvalue weighted by atomic mass is 19.1. The second-order valence-corrected chi connectivity index (χ2v) is 7.47. The molecule has 0 radical (unpaired) electrons. The Morgan fingerprint density at radius 3 is 2.47 bits per heavy atom. The number of rotatable bonds is 7. The molecule has 1 atom stereocenters. The molecule has 6 nitrogen and oxygen atoms in total. The highest BCUT2D eigenvalue weighted by Crippen LogP contribution is 2.21. The molecule has 3 aromatic carbocycles. The van der Waals surface area contributed by atoms with Crippen molar-refractivity contribution in [2.24, 2.45) is 0 Å². The zero-order valence-corrected chi connectivity index (χ0v) is 17.3. The molecular weight excluding hydrogens is 411 g/mol. The number of amides is 2. The molecule has 0 saturated carbocycles. The number of benzene rings is 3. The van der Waals surface area contributed by atoms with Crippen molar-refractivity contribution < 1.29 is 23.5 Å². The molecule has 1 fully saturated rings. The van der Waals surface area contributed by atoms with Gasteiger partial charge in [0, 0.05) is 29.6 Å². The average molecular weight is 434 g/mol. The molecule has 0 bridgehead atoms. The lowest BCUT2D eigenvalue weighted by Crippen LogP contribution is -2.27. The van der Waals surface area contributed by atoms with E-state index in [-0.39, 0.29) is 24.2 Å². The van der Waals surface area contributed by atoms with Crippen molar-refractivity contribution >= 4 is 23.2 Å². The van der Waals surface area contributed by atoms with Gasteiger partial charge < -0.3 is 20.1 Å².